The Balaban J connectivity index is 4.46. The van der Waals surface area contributed by atoms with Gasteiger partial charge in [0.25, 0.3) is 0 Å². The number of allylic oxidation sites excluding steroid dienone is 14. The van der Waals surface area contributed by atoms with Gasteiger partial charge in [-0.15, -0.1) is 0 Å². The molecule has 0 radical (unpaired) electrons. The van der Waals surface area contributed by atoms with E-state index in [-0.39, 0.29) is 44.0 Å². The van der Waals surface area contributed by atoms with Crippen molar-refractivity contribution in [2.75, 3.05) is 13.2 Å². The van der Waals surface area contributed by atoms with Crippen LogP contribution in [0.4, 0.5) is 0 Å². The Bertz CT molecular complexity index is 1430. The molecule has 0 spiro atoms. The molecule has 0 aliphatic rings. The molecule has 75 heavy (non-hydrogen) atoms. The Morgan fingerprint density at radius 1 is 0.267 bits per heavy atom. The highest BCUT2D eigenvalue weighted by Gasteiger charge is 2.19. The molecule has 6 heteroatoms. The number of ether oxygens (including phenoxy) is 3. The molecule has 0 fully saturated rings. The quantitative estimate of drug-likeness (QED) is 0.0261. The summed E-state index contributed by atoms with van der Waals surface area (Å²) in [5, 5.41) is 0. The Morgan fingerprint density at radius 2 is 0.493 bits per heavy atom. The minimum absolute atomic E-state index is 0.103. The van der Waals surface area contributed by atoms with E-state index in [2.05, 4.69) is 106 Å². The second-order valence-electron chi connectivity index (χ2n) is 21.3. The lowest BCUT2D eigenvalue weighted by Gasteiger charge is -2.18. The fraction of sp³-hybridized carbons (Fsp3) is 0.754. The third-order valence-electron chi connectivity index (χ3n) is 13.9. The minimum Gasteiger partial charge on any atom is -0.462 e. The van der Waals surface area contributed by atoms with E-state index in [9.17, 15) is 14.4 Å². The number of hydrogen-bond acceptors (Lipinski definition) is 6. The number of rotatable bonds is 58. The van der Waals surface area contributed by atoms with E-state index < -0.39 is 6.10 Å². The molecule has 0 saturated heterocycles. The number of unbranched alkanes of at least 4 members (excludes halogenated alkanes) is 33. The van der Waals surface area contributed by atoms with Gasteiger partial charge in [0.05, 0.1) is 0 Å². The summed E-state index contributed by atoms with van der Waals surface area (Å²) in [7, 11) is 0. The maximum absolute atomic E-state index is 12.9. The number of carbonyl (C=O) groups is 3. The number of hydrogen-bond donors (Lipinski definition) is 0. The highest BCUT2D eigenvalue weighted by atomic mass is 16.6. The van der Waals surface area contributed by atoms with Crippen molar-refractivity contribution in [1.82, 2.24) is 0 Å². The molecule has 0 aromatic rings. The van der Waals surface area contributed by atoms with Crippen LogP contribution in [0.15, 0.2) is 85.1 Å². The summed E-state index contributed by atoms with van der Waals surface area (Å²) in [5.41, 5.74) is 0. The molecule has 0 aromatic carbocycles. The van der Waals surface area contributed by atoms with Crippen molar-refractivity contribution in [1.29, 1.82) is 0 Å². The molecular formula is C69H120O6. The van der Waals surface area contributed by atoms with E-state index in [0.29, 0.717) is 12.8 Å². The lowest BCUT2D eigenvalue weighted by Crippen LogP contribution is -2.30. The van der Waals surface area contributed by atoms with Gasteiger partial charge in [-0.2, -0.15) is 0 Å². The van der Waals surface area contributed by atoms with Crippen LogP contribution in [0.5, 0.6) is 0 Å². The van der Waals surface area contributed by atoms with E-state index in [0.717, 1.165) is 83.5 Å². The van der Waals surface area contributed by atoms with Crippen molar-refractivity contribution in [2.24, 2.45) is 0 Å². The minimum atomic E-state index is -0.814. The van der Waals surface area contributed by atoms with Crippen molar-refractivity contribution in [3.8, 4) is 0 Å². The summed E-state index contributed by atoms with van der Waals surface area (Å²) < 4.78 is 16.9. The van der Waals surface area contributed by atoms with Gasteiger partial charge >= 0.3 is 17.9 Å². The molecule has 0 aromatic heterocycles. The Labute approximate surface area is 465 Å². The normalized spacial score (nSPS) is 12.6. The van der Waals surface area contributed by atoms with Crippen molar-refractivity contribution in [2.45, 2.75) is 322 Å². The van der Waals surface area contributed by atoms with Crippen LogP contribution < -0.4 is 0 Å². The van der Waals surface area contributed by atoms with Crippen LogP contribution >= 0.6 is 0 Å². The molecule has 0 aliphatic carbocycles. The summed E-state index contributed by atoms with van der Waals surface area (Å²) >= 11 is 0. The highest BCUT2D eigenvalue weighted by molar-refractivity contribution is 5.71. The average molecular weight is 1050 g/mol. The zero-order chi connectivity index (χ0) is 54.3. The maximum atomic E-state index is 12.9. The van der Waals surface area contributed by atoms with Crippen LogP contribution in [-0.2, 0) is 28.6 Å². The second kappa shape index (κ2) is 63.1. The summed E-state index contributed by atoms with van der Waals surface area (Å²) in [6.07, 6.45) is 83.1. The molecule has 432 valence electrons. The van der Waals surface area contributed by atoms with Gasteiger partial charge < -0.3 is 14.2 Å². The van der Waals surface area contributed by atoms with Gasteiger partial charge in [-0.3, -0.25) is 14.4 Å². The first-order valence-corrected chi connectivity index (χ1v) is 32.1. The number of carbonyl (C=O) groups excluding carboxylic acids is 3. The van der Waals surface area contributed by atoms with Gasteiger partial charge in [0, 0.05) is 19.3 Å². The van der Waals surface area contributed by atoms with Crippen LogP contribution in [0, 0.1) is 0 Å². The van der Waals surface area contributed by atoms with Crippen LogP contribution in [0.3, 0.4) is 0 Å². The van der Waals surface area contributed by atoms with Crippen LogP contribution in [0.1, 0.15) is 316 Å². The molecule has 0 rings (SSSR count). The third-order valence-corrected chi connectivity index (χ3v) is 13.9. The van der Waals surface area contributed by atoms with E-state index in [4.69, 9.17) is 14.2 Å². The Morgan fingerprint density at radius 3 is 0.840 bits per heavy atom. The van der Waals surface area contributed by atoms with E-state index in [1.54, 1.807) is 0 Å². The maximum Gasteiger partial charge on any atom is 0.306 e. The molecular weight excluding hydrogens is 925 g/mol. The summed E-state index contributed by atoms with van der Waals surface area (Å²) in [6, 6.07) is 0. The average Bonchev–Trinajstić information content (AvgIpc) is 3.41. The Hall–Kier alpha value is -3.41. The summed E-state index contributed by atoms with van der Waals surface area (Å²) in [4.78, 5) is 38.3. The molecule has 0 N–H and O–H groups in total. The van der Waals surface area contributed by atoms with E-state index in [1.165, 1.54) is 186 Å². The summed E-state index contributed by atoms with van der Waals surface area (Å²) in [5.74, 6) is -0.976. The van der Waals surface area contributed by atoms with Crippen LogP contribution in [0.25, 0.3) is 0 Å². The molecule has 6 nitrogen and oxygen atoms in total. The van der Waals surface area contributed by atoms with Gasteiger partial charge in [-0.05, 0) is 96.3 Å². The van der Waals surface area contributed by atoms with Crippen LogP contribution in [-0.4, -0.2) is 37.2 Å². The smallest absolute Gasteiger partial charge is 0.306 e. The summed E-state index contributed by atoms with van der Waals surface area (Å²) in [6.45, 7) is 6.57. The van der Waals surface area contributed by atoms with Gasteiger partial charge in [0.1, 0.15) is 13.2 Å². The third kappa shape index (κ3) is 61.3. The number of esters is 3. The molecule has 0 bridgehead atoms. The van der Waals surface area contributed by atoms with Crippen molar-refractivity contribution < 1.29 is 28.6 Å². The van der Waals surface area contributed by atoms with Gasteiger partial charge in [-0.25, -0.2) is 0 Å². The molecule has 0 saturated carbocycles. The zero-order valence-corrected chi connectivity index (χ0v) is 49.6. The van der Waals surface area contributed by atoms with Gasteiger partial charge in [0.2, 0.25) is 0 Å². The predicted octanol–water partition coefficient (Wildman–Crippen LogP) is 21.9. The predicted molar refractivity (Wildman–Crippen MR) is 325 cm³/mol. The first-order valence-electron chi connectivity index (χ1n) is 32.1. The van der Waals surface area contributed by atoms with Gasteiger partial charge in [0.15, 0.2) is 6.10 Å². The SMILES string of the molecule is CCCCC/C=C\C/C=C\C/C=C\C/C=C\CCCCCC(=O)O[C@H](COC(=O)CCC/C=C\C/C=C\C/C=C\CCCCCCCC)COC(=O)CCCCCCCCCCCCCCCCCCCCCCC. The lowest BCUT2D eigenvalue weighted by molar-refractivity contribution is -0.167. The van der Waals surface area contributed by atoms with Crippen molar-refractivity contribution >= 4 is 17.9 Å². The fourth-order valence-corrected chi connectivity index (χ4v) is 9.03. The topological polar surface area (TPSA) is 78.9 Å². The molecule has 0 aliphatic heterocycles. The van der Waals surface area contributed by atoms with Crippen molar-refractivity contribution in [3.63, 3.8) is 0 Å². The highest BCUT2D eigenvalue weighted by Crippen LogP contribution is 2.16. The van der Waals surface area contributed by atoms with Crippen molar-refractivity contribution in [3.05, 3.63) is 85.1 Å². The lowest BCUT2D eigenvalue weighted by atomic mass is 10.0. The molecule has 0 amide bonds. The van der Waals surface area contributed by atoms with Crippen LogP contribution in [0.2, 0.25) is 0 Å². The van der Waals surface area contributed by atoms with Gasteiger partial charge in [-0.1, -0.05) is 286 Å². The zero-order valence-electron chi connectivity index (χ0n) is 49.6. The second-order valence-corrected chi connectivity index (χ2v) is 21.3. The first kappa shape index (κ1) is 71.6. The monoisotopic (exact) mass is 1040 g/mol. The molecule has 0 unspecified atom stereocenters. The standard InChI is InChI=1S/C69H120O6/c1-4-7-10-13-16-19-22-25-28-31-33-34-36-38-41-44-47-50-53-56-59-62-68(71)74-65-66(64-73-67(70)61-58-55-52-49-46-43-40-37-30-27-24-21-18-15-12-9-6-3)75-69(72)63-60-57-54-51-48-45-42-39-35-32-29-26-23-20-17-14-11-8-5-2/h17,20,26-27,29-30,35,39-40,43,45,48-49,52,66H,4-16,18-19,21-25,28,31-34,36-38,41-42,44,46-47,50-51,53-65H2,1-3H3/b20-17-,29-26-,30-27-,39-35-,43-40-,48-45-,52-49-/t66-/m1/s1. The van der Waals surface area contributed by atoms with E-state index >= 15 is 0 Å². The fourth-order valence-electron chi connectivity index (χ4n) is 9.03. The van der Waals surface area contributed by atoms with E-state index in [1.807, 2.05) is 0 Å². The Kier molecular flexibility index (Phi) is 60.3. The molecule has 0 heterocycles. The molecule has 1 atom stereocenters. The first-order chi connectivity index (χ1) is 37.0. The largest absolute Gasteiger partial charge is 0.462 e.